The lowest BCUT2D eigenvalue weighted by molar-refractivity contribution is -0.139. The first-order valence-electron chi connectivity index (χ1n) is 12.8. The number of ether oxygens (including phenoxy) is 4. The minimum atomic E-state index is -1.36. The summed E-state index contributed by atoms with van der Waals surface area (Å²) in [6.07, 6.45) is -0.701. The highest BCUT2D eigenvalue weighted by atomic mass is 16.7. The summed E-state index contributed by atoms with van der Waals surface area (Å²) in [6, 6.07) is 3.07. The van der Waals surface area contributed by atoms with Crippen LogP contribution in [0.5, 0.6) is 11.5 Å². The number of nitrogens with two attached hydrogens (primary N) is 1. The van der Waals surface area contributed by atoms with E-state index in [-0.39, 0.29) is 48.2 Å². The van der Waals surface area contributed by atoms with Crippen molar-refractivity contribution in [1.82, 2.24) is 0 Å². The molecule has 214 valence electrons. The largest absolute Gasteiger partial charge is 0.508 e. The van der Waals surface area contributed by atoms with E-state index in [4.69, 9.17) is 24.7 Å². The molecular formula is C28H43NO9. The maximum absolute atomic E-state index is 12.7. The molecule has 3 N–H and O–H groups in total. The van der Waals surface area contributed by atoms with Crippen LogP contribution in [0.3, 0.4) is 0 Å². The number of hydrogen-bond donors (Lipinski definition) is 2. The van der Waals surface area contributed by atoms with Crippen LogP contribution in [-0.2, 0) is 23.9 Å². The Morgan fingerprint density at radius 3 is 1.92 bits per heavy atom. The van der Waals surface area contributed by atoms with E-state index in [0.717, 1.165) is 0 Å². The number of benzene rings is 1. The summed E-state index contributed by atoms with van der Waals surface area (Å²) in [5.74, 6) is -3.15. The molecule has 0 aliphatic rings. The van der Waals surface area contributed by atoms with Crippen molar-refractivity contribution >= 4 is 24.1 Å². The molecule has 0 aliphatic carbocycles. The van der Waals surface area contributed by atoms with Crippen LogP contribution < -0.4 is 15.2 Å². The number of carboxylic acid groups (broad SMARTS) is 1. The quantitative estimate of drug-likeness (QED) is 0.268. The Bertz CT molecular complexity index is 976. The van der Waals surface area contributed by atoms with Gasteiger partial charge in [-0.1, -0.05) is 54.5 Å². The number of rotatable bonds is 12. The smallest absolute Gasteiger partial charge is 0.480 e. The van der Waals surface area contributed by atoms with Gasteiger partial charge in [0.25, 0.3) is 0 Å². The predicted octanol–water partition coefficient (Wildman–Crippen LogP) is 5.21. The SMILES string of the molecule is CCCOC(=O)OC(C)CC(c1ccc(OC(=O)CC(C)(C)C)c(OC(=O)CC(C)(C)C)c1)[C@H](N)C(=O)O. The summed E-state index contributed by atoms with van der Waals surface area (Å²) in [4.78, 5) is 48.8. The molecule has 0 bridgehead atoms. The standard InChI is InChI=1S/C28H43NO9/c1-9-12-35-26(34)36-17(2)13-19(24(29)25(32)33)18-10-11-20(37-22(30)15-27(3,4)5)21(14-18)38-23(31)16-28(6,7)8/h10-11,14,17,19,24H,9,12-13,15-16,29H2,1-8H3,(H,32,33)/t17?,19?,24-/m0/s1. The number of carbonyl (C=O) groups excluding carboxylic acids is 3. The molecule has 1 aromatic rings. The second kappa shape index (κ2) is 14.1. The molecule has 0 saturated carbocycles. The van der Waals surface area contributed by atoms with E-state index in [2.05, 4.69) is 0 Å². The lowest BCUT2D eigenvalue weighted by Crippen LogP contribution is -2.38. The van der Waals surface area contributed by atoms with E-state index in [0.29, 0.717) is 12.0 Å². The van der Waals surface area contributed by atoms with E-state index in [9.17, 15) is 24.3 Å². The van der Waals surface area contributed by atoms with Crippen molar-refractivity contribution in [3.8, 4) is 11.5 Å². The van der Waals surface area contributed by atoms with Gasteiger partial charge in [-0.05, 0) is 48.3 Å². The molecule has 0 amide bonds. The predicted molar refractivity (Wildman–Crippen MR) is 141 cm³/mol. The van der Waals surface area contributed by atoms with E-state index in [1.54, 1.807) is 13.0 Å². The normalized spacial score (nSPS) is 14.1. The van der Waals surface area contributed by atoms with Crippen molar-refractivity contribution < 1.29 is 43.2 Å². The first-order chi connectivity index (χ1) is 17.4. The Morgan fingerprint density at radius 1 is 0.921 bits per heavy atom. The highest BCUT2D eigenvalue weighted by molar-refractivity contribution is 5.77. The fourth-order valence-electron chi connectivity index (χ4n) is 3.55. The van der Waals surface area contributed by atoms with Gasteiger partial charge >= 0.3 is 24.1 Å². The van der Waals surface area contributed by atoms with Gasteiger partial charge in [-0.2, -0.15) is 0 Å². The third kappa shape index (κ3) is 12.4. The van der Waals surface area contributed by atoms with E-state index in [1.165, 1.54) is 12.1 Å². The van der Waals surface area contributed by atoms with E-state index < -0.39 is 42.1 Å². The van der Waals surface area contributed by atoms with Crippen molar-refractivity contribution in [1.29, 1.82) is 0 Å². The molecule has 0 saturated heterocycles. The van der Waals surface area contributed by atoms with Crippen LogP contribution >= 0.6 is 0 Å². The molecule has 10 heteroatoms. The summed E-state index contributed by atoms with van der Waals surface area (Å²) in [5.41, 5.74) is 5.74. The summed E-state index contributed by atoms with van der Waals surface area (Å²) in [6.45, 7) is 14.9. The Kier molecular flexibility index (Phi) is 12.2. The zero-order valence-corrected chi connectivity index (χ0v) is 23.8. The zero-order chi connectivity index (χ0) is 29.3. The Hall–Kier alpha value is -3.14. The first kappa shape index (κ1) is 32.9. The van der Waals surface area contributed by atoms with Crippen LogP contribution in [0.4, 0.5) is 4.79 Å². The highest BCUT2D eigenvalue weighted by Crippen LogP contribution is 2.36. The molecule has 38 heavy (non-hydrogen) atoms. The van der Waals surface area contributed by atoms with E-state index in [1.807, 2.05) is 48.5 Å². The molecule has 0 radical (unpaired) electrons. The second-order valence-corrected chi connectivity index (χ2v) is 11.9. The second-order valence-electron chi connectivity index (χ2n) is 11.9. The number of carboxylic acids is 1. The van der Waals surface area contributed by atoms with Crippen LogP contribution in [0.15, 0.2) is 18.2 Å². The third-order valence-corrected chi connectivity index (χ3v) is 5.22. The summed E-state index contributed by atoms with van der Waals surface area (Å²) < 4.78 is 21.3. The lowest BCUT2D eigenvalue weighted by Gasteiger charge is -2.25. The van der Waals surface area contributed by atoms with Crippen molar-refractivity contribution in [2.45, 2.75) is 99.1 Å². The molecule has 1 rings (SSSR count). The number of carbonyl (C=O) groups is 4. The fourth-order valence-corrected chi connectivity index (χ4v) is 3.55. The lowest BCUT2D eigenvalue weighted by atomic mass is 9.87. The van der Waals surface area contributed by atoms with Gasteiger partial charge in [0.1, 0.15) is 12.1 Å². The fraction of sp³-hybridized carbons (Fsp3) is 0.643. The maximum atomic E-state index is 12.7. The number of hydrogen-bond acceptors (Lipinski definition) is 9. The molecular weight excluding hydrogens is 494 g/mol. The molecule has 2 unspecified atom stereocenters. The summed E-state index contributed by atoms with van der Waals surface area (Å²) >= 11 is 0. The first-order valence-corrected chi connectivity index (χ1v) is 12.8. The van der Waals surface area contributed by atoms with Crippen LogP contribution in [0, 0.1) is 10.8 Å². The van der Waals surface area contributed by atoms with Gasteiger partial charge in [0.05, 0.1) is 19.4 Å². The molecule has 1 aromatic carbocycles. The minimum absolute atomic E-state index is 0.0281. The minimum Gasteiger partial charge on any atom is -0.480 e. The number of aliphatic carboxylic acids is 1. The van der Waals surface area contributed by atoms with Gasteiger partial charge in [0.2, 0.25) is 0 Å². The molecule has 0 aromatic heterocycles. The molecule has 0 spiro atoms. The monoisotopic (exact) mass is 537 g/mol. The molecule has 0 heterocycles. The van der Waals surface area contributed by atoms with Crippen molar-refractivity contribution in [3.63, 3.8) is 0 Å². The molecule has 10 nitrogen and oxygen atoms in total. The van der Waals surface area contributed by atoms with Crippen molar-refractivity contribution in [2.75, 3.05) is 6.61 Å². The molecule has 3 atom stereocenters. The van der Waals surface area contributed by atoms with Gasteiger partial charge in [-0.25, -0.2) is 4.79 Å². The van der Waals surface area contributed by atoms with Gasteiger partial charge in [-0.15, -0.1) is 0 Å². The van der Waals surface area contributed by atoms with Crippen molar-refractivity contribution in [3.05, 3.63) is 23.8 Å². The van der Waals surface area contributed by atoms with Gasteiger partial charge in [0.15, 0.2) is 11.5 Å². The van der Waals surface area contributed by atoms with Crippen LogP contribution in [-0.4, -0.2) is 47.9 Å². The van der Waals surface area contributed by atoms with Crippen LogP contribution in [0.1, 0.15) is 92.6 Å². The van der Waals surface area contributed by atoms with Crippen LogP contribution in [0.2, 0.25) is 0 Å². The molecule has 0 aliphatic heterocycles. The van der Waals surface area contributed by atoms with E-state index >= 15 is 0 Å². The highest BCUT2D eigenvalue weighted by Gasteiger charge is 2.31. The average molecular weight is 538 g/mol. The van der Waals surface area contributed by atoms with Gasteiger partial charge < -0.3 is 29.8 Å². The van der Waals surface area contributed by atoms with Gasteiger partial charge in [0, 0.05) is 5.92 Å². The summed E-state index contributed by atoms with van der Waals surface area (Å²) in [7, 11) is 0. The Morgan fingerprint density at radius 2 is 1.45 bits per heavy atom. The van der Waals surface area contributed by atoms with Crippen molar-refractivity contribution in [2.24, 2.45) is 16.6 Å². The van der Waals surface area contributed by atoms with Gasteiger partial charge in [-0.3, -0.25) is 14.4 Å². The average Bonchev–Trinajstić information content (AvgIpc) is 2.74. The Labute approximate surface area is 225 Å². The zero-order valence-electron chi connectivity index (χ0n) is 23.8. The Balaban J connectivity index is 3.36. The summed E-state index contributed by atoms with van der Waals surface area (Å²) in [5, 5.41) is 9.64. The topological polar surface area (TPSA) is 151 Å². The molecule has 0 fully saturated rings. The van der Waals surface area contributed by atoms with Crippen LogP contribution in [0.25, 0.3) is 0 Å². The number of esters is 2. The third-order valence-electron chi connectivity index (χ3n) is 5.22. The maximum Gasteiger partial charge on any atom is 0.508 e.